The molecule has 0 aliphatic carbocycles. The Morgan fingerprint density at radius 3 is 2.89 bits per heavy atom. The number of nitrogens with zero attached hydrogens (tertiary/aromatic N) is 3. The first-order valence-electron chi connectivity index (χ1n) is 9.41. The molecule has 1 aromatic carbocycles. The zero-order valence-electron chi connectivity index (χ0n) is 16.3. The number of nitrogens with one attached hydrogen (secondary N) is 1. The molecule has 2 amide bonds. The highest BCUT2D eigenvalue weighted by atomic mass is 32.1. The lowest BCUT2D eigenvalue weighted by Gasteiger charge is -2.20. The zero-order chi connectivity index (χ0) is 19.6. The average molecular weight is 387 g/mol. The molecule has 1 fully saturated rings. The van der Waals surface area contributed by atoms with Crippen LogP contribution in [-0.2, 0) is 9.59 Å². The van der Waals surface area contributed by atoms with Gasteiger partial charge in [-0.3, -0.25) is 9.59 Å². The summed E-state index contributed by atoms with van der Waals surface area (Å²) in [6, 6.07) is 5.90. The first kappa shape index (κ1) is 19.5. The molecule has 1 saturated heterocycles. The first-order valence-corrected chi connectivity index (χ1v) is 10.2. The van der Waals surface area contributed by atoms with E-state index in [1.165, 1.54) is 11.3 Å². The molecule has 144 valence electrons. The van der Waals surface area contributed by atoms with Gasteiger partial charge < -0.3 is 10.2 Å². The summed E-state index contributed by atoms with van der Waals surface area (Å²) in [5.74, 6) is -0.218. The molecule has 7 heteroatoms. The molecule has 3 rings (SSSR count). The predicted octanol–water partition coefficient (Wildman–Crippen LogP) is 4.05. The van der Waals surface area contributed by atoms with Crippen molar-refractivity contribution in [2.45, 2.75) is 52.9 Å². The van der Waals surface area contributed by atoms with Crippen LogP contribution >= 0.6 is 11.3 Å². The van der Waals surface area contributed by atoms with E-state index in [9.17, 15) is 9.59 Å². The molecular formula is C20H26N4O2S. The smallest absolute Gasteiger partial charge is 0.231 e. The van der Waals surface area contributed by atoms with Crippen molar-refractivity contribution in [2.24, 2.45) is 5.92 Å². The number of hydrogen-bond acceptors (Lipinski definition) is 5. The third-order valence-corrected chi connectivity index (χ3v) is 6.25. The highest BCUT2D eigenvalue weighted by molar-refractivity contribution is 7.15. The van der Waals surface area contributed by atoms with Crippen molar-refractivity contribution in [3.05, 3.63) is 34.3 Å². The summed E-state index contributed by atoms with van der Waals surface area (Å²) < 4.78 is 0. The summed E-state index contributed by atoms with van der Waals surface area (Å²) in [5.41, 5.74) is 3.10. The average Bonchev–Trinajstić information content (AvgIpc) is 3.24. The number of aryl methyl sites for hydroxylation is 1. The van der Waals surface area contributed by atoms with Crippen molar-refractivity contribution in [1.29, 1.82) is 0 Å². The van der Waals surface area contributed by atoms with E-state index in [4.69, 9.17) is 0 Å². The molecule has 0 radical (unpaired) electrons. The molecule has 0 saturated carbocycles. The minimum atomic E-state index is -0.377. The number of anilines is 2. The van der Waals surface area contributed by atoms with Crippen molar-refractivity contribution in [1.82, 2.24) is 10.2 Å². The van der Waals surface area contributed by atoms with Gasteiger partial charge in [0.25, 0.3) is 0 Å². The van der Waals surface area contributed by atoms with Crippen LogP contribution in [0.3, 0.4) is 0 Å². The Labute approximate surface area is 164 Å². The molecule has 2 aromatic rings. The van der Waals surface area contributed by atoms with E-state index in [0.29, 0.717) is 17.6 Å². The van der Waals surface area contributed by atoms with Gasteiger partial charge in [-0.2, -0.15) is 0 Å². The number of amides is 2. The van der Waals surface area contributed by atoms with Gasteiger partial charge >= 0.3 is 0 Å². The fraction of sp³-hybridized carbons (Fsp3) is 0.500. The quantitative estimate of drug-likeness (QED) is 0.813. The van der Waals surface area contributed by atoms with E-state index in [2.05, 4.69) is 29.4 Å². The van der Waals surface area contributed by atoms with Crippen LogP contribution in [0.15, 0.2) is 18.2 Å². The Morgan fingerprint density at radius 1 is 1.37 bits per heavy atom. The topological polar surface area (TPSA) is 75.2 Å². The van der Waals surface area contributed by atoms with Crippen molar-refractivity contribution in [2.75, 3.05) is 16.8 Å². The van der Waals surface area contributed by atoms with E-state index in [1.54, 1.807) is 4.90 Å². The van der Waals surface area contributed by atoms with Gasteiger partial charge in [0.15, 0.2) is 0 Å². The molecule has 2 unspecified atom stereocenters. The number of carbonyl (C=O) groups is 2. The van der Waals surface area contributed by atoms with Crippen molar-refractivity contribution in [3.8, 4) is 0 Å². The lowest BCUT2D eigenvalue weighted by molar-refractivity contribution is -0.122. The Bertz CT molecular complexity index is 848. The van der Waals surface area contributed by atoms with Gasteiger partial charge in [0.2, 0.25) is 16.9 Å². The molecule has 6 nitrogen and oxygen atoms in total. The highest BCUT2D eigenvalue weighted by Gasteiger charge is 2.36. The summed E-state index contributed by atoms with van der Waals surface area (Å²) >= 11 is 1.42. The van der Waals surface area contributed by atoms with Gasteiger partial charge in [-0.05, 0) is 37.5 Å². The number of carbonyl (C=O) groups excluding carboxylic acids is 2. The highest BCUT2D eigenvalue weighted by Crippen LogP contribution is 2.31. The maximum Gasteiger partial charge on any atom is 0.231 e. The second-order valence-corrected chi connectivity index (χ2v) is 8.26. The van der Waals surface area contributed by atoms with Crippen LogP contribution in [0.4, 0.5) is 10.8 Å². The Balaban J connectivity index is 1.67. The van der Waals surface area contributed by atoms with Gasteiger partial charge in [-0.25, -0.2) is 0 Å². The van der Waals surface area contributed by atoms with Crippen LogP contribution in [0, 0.1) is 19.8 Å². The Kier molecular flexibility index (Phi) is 5.89. The van der Waals surface area contributed by atoms with Crippen molar-refractivity contribution in [3.63, 3.8) is 0 Å². The summed E-state index contributed by atoms with van der Waals surface area (Å²) in [7, 11) is 0. The number of aromatic nitrogens is 2. The molecule has 1 aliphatic rings. The summed E-state index contributed by atoms with van der Waals surface area (Å²) in [6.45, 7) is 8.68. The van der Waals surface area contributed by atoms with Crippen LogP contribution in [0.2, 0.25) is 0 Å². The van der Waals surface area contributed by atoms with Crippen LogP contribution in [0.1, 0.15) is 55.2 Å². The largest absolute Gasteiger partial charge is 0.311 e. The fourth-order valence-electron chi connectivity index (χ4n) is 3.39. The SMILES string of the molecule is CCCC(C)c1nnc(NC(=O)C2CC(=O)N(c3cccc(C)c3C)C2)s1. The Hall–Kier alpha value is -2.28. The number of rotatable bonds is 6. The van der Waals surface area contributed by atoms with Crippen molar-refractivity contribution < 1.29 is 9.59 Å². The summed E-state index contributed by atoms with van der Waals surface area (Å²) in [5, 5.41) is 12.6. The minimum absolute atomic E-state index is 0.0154. The van der Waals surface area contributed by atoms with Gasteiger partial charge in [0, 0.05) is 24.6 Å². The first-order chi connectivity index (χ1) is 12.9. The maximum absolute atomic E-state index is 12.6. The lowest BCUT2D eigenvalue weighted by Crippen LogP contribution is -2.28. The van der Waals surface area contributed by atoms with E-state index >= 15 is 0 Å². The summed E-state index contributed by atoms with van der Waals surface area (Å²) in [4.78, 5) is 26.9. The second-order valence-electron chi connectivity index (χ2n) is 7.25. The van der Waals surface area contributed by atoms with Gasteiger partial charge in [-0.1, -0.05) is 43.7 Å². The monoisotopic (exact) mass is 386 g/mol. The molecule has 0 spiro atoms. The van der Waals surface area contributed by atoms with Gasteiger partial charge in [-0.15, -0.1) is 10.2 Å². The maximum atomic E-state index is 12.6. The van der Waals surface area contributed by atoms with Crippen LogP contribution < -0.4 is 10.2 Å². The normalized spacial score (nSPS) is 18.0. The molecule has 2 atom stereocenters. The minimum Gasteiger partial charge on any atom is -0.311 e. The second kappa shape index (κ2) is 8.17. The van der Waals surface area contributed by atoms with Crippen molar-refractivity contribution >= 4 is 34.0 Å². The third kappa shape index (κ3) is 4.18. The van der Waals surface area contributed by atoms with E-state index in [1.807, 2.05) is 32.0 Å². The van der Waals surface area contributed by atoms with E-state index in [0.717, 1.165) is 34.7 Å². The fourth-order valence-corrected chi connectivity index (χ4v) is 4.22. The number of hydrogen-bond donors (Lipinski definition) is 1. The molecular weight excluding hydrogens is 360 g/mol. The molecule has 27 heavy (non-hydrogen) atoms. The molecule has 1 aliphatic heterocycles. The predicted molar refractivity (Wildman–Crippen MR) is 108 cm³/mol. The zero-order valence-corrected chi connectivity index (χ0v) is 17.1. The van der Waals surface area contributed by atoms with Gasteiger partial charge in [0.1, 0.15) is 5.01 Å². The molecule has 2 heterocycles. The third-order valence-electron chi connectivity index (χ3n) is 5.18. The van der Waals surface area contributed by atoms with Crippen LogP contribution in [0.25, 0.3) is 0 Å². The van der Waals surface area contributed by atoms with Crippen LogP contribution in [0.5, 0.6) is 0 Å². The van der Waals surface area contributed by atoms with E-state index in [-0.39, 0.29) is 24.2 Å². The Morgan fingerprint density at radius 2 is 2.15 bits per heavy atom. The lowest BCUT2D eigenvalue weighted by atomic mass is 10.1. The molecule has 1 aromatic heterocycles. The van der Waals surface area contributed by atoms with E-state index < -0.39 is 0 Å². The van der Waals surface area contributed by atoms with Crippen LogP contribution in [-0.4, -0.2) is 28.6 Å². The number of benzene rings is 1. The molecule has 1 N–H and O–H groups in total. The standard InChI is InChI=1S/C20H26N4O2S/c1-5-7-13(3)19-22-23-20(27-19)21-18(26)15-10-17(25)24(11-15)16-9-6-8-12(2)14(16)4/h6,8-9,13,15H,5,7,10-11H2,1-4H3,(H,21,23,26). The summed E-state index contributed by atoms with van der Waals surface area (Å²) in [6.07, 6.45) is 2.35. The molecule has 0 bridgehead atoms. The van der Waals surface area contributed by atoms with Gasteiger partial charge in [0.05, 0.1) is 5.92 Å².